The number of halogens is 1. The van der Waals surface area contributed by atoms with Gasteiger partial charge in [0.1, 0.15) is 17.1 Å². The lowest BCUT2D eigenvalue weighted by Crippen LogP contribution is -2.01. The average molecular weight is 248 g/mol. The molecule has 94 valence electrons. The van der Waals surface area contributed by atoms with Gasteiger partial charge in [-0.2, -0.15) is 5.10 Å². The van der Waals surface area contributed by atoms with Gasteiger partial charge < -0.3 is 5.11 Å². The maximum Gasteiger partial charge on any atom is 0.339 e. The molecular weight excluding hydrogens is 235 g/mol. The van der Waals surface area contributed by atoms with Crippen LogP contribution in [0.15, 0.2) is 30.5 Å². The summed E-state index contributed by atoms with van der Waals surface area (Å²) in [6.07, 6.45) is 1.34. The molecule has 0 aliphatic carbocycles. The molecule has 0 atom stereocenters. The van der Waals surface area contributed by atoms with Crippen LogP contribution in [0, 0.1) is 5.82 Å². The molecule has 1 aromatic carbocycles. The van der Waals surface area contributed by atoms with Crippen molar-refractivity contribution in [1.29, 1.82) is 0 Å². The zero-order valence-electron chi connectivity index (χ0n) is 10.1. The number of carboxylic acid groups (broad SMARTS) is 1. The minimum atomic E-state index is -1.05. The van der Waals surface area contributed by atoms with Gasteiger partial charge in [0.15, 0.2) is 0 Å². The van der Waals surface area contributed by atoms with E-state index in [0.29, 0.717) is 5.69 Å². The Morgan fingerprint density at radius 2 is 2.06 bits per heavy atom. The number of nitrogens with zero attached hydrogens (tertiary/aromatic N) is 2. The average Bonchev–Trinajstić information content (AvgIpc) is 2.74. The maximum absolute atomic E-state index is 13.6. The van der Waals surface area contributed by atoms with Gasteiger partial charge in [0.25, 0.3) is 0 Å². The van der Waals surface area contributed by atoms with Crippen LogP contribution in [-0.2, 0) is 0 Å². The van der Waals surface area contributed by atoms with Crippen LogP contribution >= 0.6 is 0 Å². The second kappa shape index (κ2) is 4.60. The van der Waals surface area contributed by atoms with E-state index in [0.717, 1.165) is 0 Å². The Labute approximate surface area is 104 Å². The fraction of sp³-hybridized carbons (Fsp3) is 0.231. The van der Waals surface area contributed by atoms with Crippen LogP contribution in [0.2, 0.25) is 0 Å². The van der Waals surface area contributed by atoms with Crippen LogP contribution in [0.5, 0.6) is 0 Å². The minimum absolute atomic E-state index is 0.0378. The van der Waals surface area contributed by atoms with Crippen molar-refractivity contribution in [2.45, 2.75) is 19.8 Å². The van der Waals surface area contributed by atoms with E-state index in [9.17, 15) is 9.18 Å². The van der Waals surface area contributed by atoms with Gasteiger partial charge in [-0.15, -0.1) is 0 Å². The molecule has 2 rings (SSSR count). The molecule has 0 radical (unpaired) electrons. The Morgan fingerprint density at radius 1 is 1.39 bits per heavy atom. The molecule has 0 bridgehead atoms. The SMILES string of the molecule is CC(C)c1nn(-c2ccccc2F)cc1C(=O)O. The quantitative estimate of drug-likeness (QED) is 0.908. The van der Waals surface area contributed by atoms with Crippen molar-refractivity contribution in [3.63, 3.8) is 0 Å². The summed E-state index contributed by atoms with van der Waals surface area (Å²) in [6, 6.07) is 6.12. The summed E-state index contributed by atoms with van der Waals surface area (Å²) in [6.45, 7) is 3.70. The van der Waals surface area contributed by atoms with Crippen LogP contribution in [-0.4, -0.2) is 20.9 Å². The third-order valence-corrected chi connectivity index (χ3v) is 2.62. The third-order valence-electron chi connectivity index (χ3n) is 2.62. The van der Waals surface area contributed by atoms with Gasteiger partial charge in [0, 0.05) is 6.20 Å². The summed E-state index contributed by atoms with van der Waals surface area (Å²) in [5.41, 5.74) is 0.797. The zero-order valence-corrected chi connectivity index (χ0v) is 10.1. The first kappa shape index (κ1) is 12.3. The maximum atomic E-state index is 13.6. The van der Waals surface area contributed by atoms with E-state index >= 15 is 0 Å². The first-order valence-electron chi connectivity index (χ1n) is 5.58. The van der Waals surface area contributed by atoms with Gasteiger partial charge in [0.2, 0.25) is 0 Å². The van der Waals surface area contributed by atoms with Crippen molar-refractivity contribution in [1.82, 2.24) is 9.78 Å². The van der Waals surface area contributed by atoms with Crippen LogP contribution in [0.3, 0.4) is 0 Å². The molecule has 1 N–H and O–H groups in total. The van der Waals surface area contributed by atoms with Gasteiger partial charge in [-0.25, -0.2) is 13.9 Å². The van der Waals surface area contributed by atoms with Gasteiger partial charge in [-0.1, -0.05) is 26.0 Å². The molecule has 18 heavy (non-hydrogen) atoms. The van der Waals surface area contributed by atoms with Crippen molar-refractivity contribution in [2.24, 2.45) is 0 Å². The van der Waals surface area contributed by atoms with Crippen LogP contribution in [0.25, 0.3) is 5.69 Å². The number of aromatic carboxylic acids is 1. The van der Waals surface area contributed by atoms with E-state index in [1.807, 2.05) is 13.8 Å². The van der Waals surface area contributed by atoms with Crippen LogP contribution in [0.4, 0.5) is 4.39 Å². The number of para-hydroxylation sites is 1. The normalized spacial score (nSPS) is 10.9. The molecule has 0 fully saturated rings. The number of benzene rings is 1. The molecule has 0 aliphatic rings. The number of hydrogen-bond acceptors (Lipinski definition) is 2. The van der Waals surface area contributed by atoms with Gasteiger partial charge >= 0.3 is 5.97 Å². The summed E-state index contributed by atoms with van der Waals surface area (Å²) in [4.78, 5) is 11.1. The van der Waals surface area contributed by atoms with Crippen LogP contribution < -0.4 is 0 Å². The van der Waals surface area contributed by atoms with E-state index in [1.165, 1.54) is 16.9 Å². The monoisotopic (exact) mass is 248 g/mol. The summed E-state index contributed by atoms with van der Waals surface area (Å²) >= 11 is 0. The lowest BCUT2D eigenvalue weighted by molar-refractivity contribution is 0.0695. The number of rotatable bonds is 3. The topological polar surface area (TPSA) is 55.1 Å². The molecule has 2 aromatic rings. The Hall–Kier alpha value is -2.17. The molecule has 1 aromatic heterocycles. The Morgan fingerprint density at radius 3 is 2.56 bits per heavy atom. The van der Waals surface area contributed by atoms with Crippen molar-refractivity contribution >= 4 is 5.97 Å². The lowest BCUT2D eigenvalue weighted by Gasteiger charge is -2.03. The highest BCUT2D eigenvalue weighted by molar-refractivity contribution is 5.89. The Kier molecular flexibility index (Phi) is 3.14. The molecule has 5 heteroatoms. The van der Waals surface area contributed by atoms with Gasteiger partial charge in [-0.3, -0.25) is 0 Å². The highest BCUT2D eigenvalue weighted by atomic mass is 19.1. The van der Waals surface area contributed by atoms with E-state index in [4.69, 9.17) is 5.11 Å². The predicted octanol–water partition coefficient (Wildman–Crippen LogP) is 2.83. The third kappa shape index (κ3) is 2.11. The summed E-state index contributed by atoms with van der Waals surface area (Å²) < 4.78 is 14.9. The predicted molar refractivity (Wildman–Crippen MR) is 64.6 cm³/mol. The second-order valence-corrected chi connectivity index (χ2v) is 4.28. The molecule has 0 saturated heterocycles. The molecule has 0 aliphatic heterocycles. The molecule has 0 unspecified atom stereocenters. The summed E-state index contributed by atoms with van der Waals surface area (Å²) in [5.74, 6) is -1.53. The van der Waals surface area contributed by atoms with Crippen molar-refractivity contribution in [3.8, 4) is 5.69 Å². The number of hydrogen-bond donors (Lipinski definition) is 1. The molecule has 0 saturated carbocycles. The highest BCUT2D eigenvalue weighted by Crippen LogP contribution is 2.21. The van der Waals surface area contributed by atoms with E-state index in [-0.39, 0.29) is 17.2 Å². The number of carboxylic acids is 1. The van der Waals surface area contributed by atoms with E-state index in [1.54, 1.807) is 18.2 Å². The minimum Gasteiger partial charge on any atom is -0.478 e. The van der Waals surface area contributed by atoms with Crippen molar-refractivity contribution in [3.05, 3.63) is 47.5 Å². The highest BCUT2D eigenvalue weighted by Gasteiger charge is 2.19. The standard InChI is InChI=1S/C13H13FN2O2/c1-8(2)12-9(13(17)18)7-16(15-12)11-6-4-3-5-10(11)14/h3-8H,1-2H3,(H,17,18). The first-order chi connectivity index (χ1) is 8.50. The molecule has 4 nitrogen and oxygen atoms in total. The lowest BCUT2D eigenvalue weighted by atomic mass is 10.1. The molecule has 0 amide bonds. The Bertz CT molecular complexity index is 590. The molecular formula is C13H13FN2O2. The van der Waals surface area contributed by atoms with Crippen LogP contribution in [0.1, 0.15) is 35.8 Å². The smallest absolute Gasteiger partial charge is 0.339 e. The fourth-order valence-electron chi connectivity index (χ4n) is 1.74. The fourth-order valence-corrected chi connectivity index (χ4v) is 1.74. The number of aromatic nitrogens is 2. The van der Waals surface area contributed by atoms with Crippen molar-refractivity contribution in [2.75, 3.05) is 0 Å². The summed E-state index contributed by atoms with van der Waals surface area (Å²) in [7, 11) is 0. The Balaban J connectivity index is 2.57. The van der Waals surface area contributed by atoms with Gasteiger partial charge in [-0.05, 0) is 18.1 Å². The molecule has 1 heterocycles. The summed E-state index contributed by atoms with van der Waals surface area (Å²) in [5, 5.41) is 13.3. The first-order valence-corrected chi connectivity index (χ1v) is 5.58. The van der Waals surface area contributed by atoms with E-state index < -0.39 is 11.8 Å². The van der Waals surface area contributed by atoms with E-state index in [2.05, 4.69) is 5.10 Å². The van der Waals surface area contributed by atoms with Gasteiger partial charge in [0.05, 0.1) is 5.69 Å². The second-order valence-electron chi connectivity index (χ2n) is 4.28. The molecule has 0 spiro atoms. The zero-order chi connectivity index (χ0) is 13.3. The van der Waals surface area contributed by atoms with Crippen molar-refractivity contribution < 1.29 is 14.3 Å². The largest absolute Gasteiger partial charge is 0.478 e. The number of carbonyl (C=O) groups is 1.